The van der Waals surface area contributed by atoms with Crippen molar-refractivity contribution in [3.8, 4) is 0 Å². The van der Waals surface area contributed by atoms with Gasteiger partial charge < -0.3 is 29.9 Å². The molecular formula is C33H40N4O6. The van der Waals surface area contributed by atoms with Crippen molar-refractivity contribution in [3.05, 3.63) is 83.9 Å². The lowest BCUT2D eigenvalue weighted by Gasteiger charge is -2.35. The van der Waals surface area contributed by atoms with Crippen LogP contribution in [0.25, 0.3) is 10.8 Å². The van der Waals surface area contributed by atoms with Gasteiger partial charge in [0.25, 0.3) is 0 Å². The SMILES string of the molecule is CNC(=O)[C@@H](Cc1ccccc1)N(C)C(=O)[C@@H](Cc1ccc2ccccc2c1)N(C)C(=O)COC1CCN(C(=O)O)CC1. The van der Waals surface area contributed by atoms with Crippen LogP contribution in [0.5, 0.6) is 0 Å². The first-order chi connectivity index (χ1) is 20.7. The lowest BCUT2D eigenvalue weighted by atomic mass is 9.98. The maximum Gasteiger partial charge on any atom is 0.407 e. The fourth-order valence-corrected chi connectivity index (χ4v) is 5.46. The Morgan fingerprint density at radius 2 is 1.49 bits per heavy atom. The third-order valence-electron chi connectivity index (χ3n) is 8.18. The topological polar surface area (TPSA) is 119 Å². The summed E-state index contributed by atoms with van der Waals surface area (Å²) in [6.07, 6.45) is 0.363. The molecule has 228 valence electrons. The highest BCUT2D eigenvalue weighted by atomic mass is 16.5. The number of ether oxygens (including phenoxy) is 1. The van der Waals surface area contributed by atoms with Crippen LogP contribution < -0.4 is 5.32 Å². The first-order valence-corrected chi connectivity index (χ1v) is 14.5. The molecule has 1 heterocycles. The summed E-state index contributed by atoms with van der Waals surface area (Å²) in [7, 11) is 4.73. The molecule has 43 heavy (non-hydrogen) atoms. The summed E-state index contributed by atoms with van der Waals surface area (Å²) in [6.45, 7) is 0.461. The van der Waals surface area contributed by atoms with Gasteiger partial charge in [0.2, 0.25) is 17.7 Å². The summed E-state index contributed by atoms with van der Waals surface area (Å²) >= 11 is 0. The Labute approximate surface area is 252 Å². The predicted molar refractivity (Wildman–Crippen MR) is 164 cm³/mol. The van der Waals surface area contributed by atoms with Crippen LogP contribution in [0.2, 0.25) is 0 Å². The summed E-state index contributed by atoms with van der Waals surface area (Å²) in [5, 5.41) is 14.0. The number of amides is 4. The minimum Gasteiger partial charge on any atom is -0.465 e. The van der Waals surface area contributed by atoms with Gasteiger partial charge in [0.1, 0.15) is 18.7 Å². The Balaban J connectivity index is 1.54. The van der Waals surface area contributed by atoms with Gasteiger partial charge in [0.05, 0.1) is 6.10 Å². The average molecular weight is 589 g/mol. The van der Waals surface area contributed by atoms with Crippen molar-refractivity contribution < 1.29 is 29.0 Å². The number of carbonyl (C=O) groups excluding carboxylic acids is 3. The number of carboxylic acid groups (broad SMARTS) is 1. The minimum absolute atomic E-state index is 0.234. The lowest BCUT2D eigenvalue weighted by Crippen LogP contribution is -2.56. The third-order valence-corrected chi connectivity index (χ3v) is 8.18. The molecule has 0 aliphatic carbocycles. The van der Waals surface area contributed by atoms with E-state index in [9.17, 15) is 24.3 Å². The molecular weight excluding hydrogens is 548 g/mol. The standard InChI is InChI=1S/C33H40N4O6/c1-34-31(39)28(20-23-9-5-4-6-10-23)36(3)32(40)29(21-24-13-14-25-11-7-8-12-26(25)19-24)35(2)30(38)22-43-27-15-17-37(18-16-27)33(41)42/h4-14,19,27-29H,15-18,20-22H2,1-3H3,(H,34,39)(H,41,42)/t28-,29-/m1/s1. The Morgan fingerprint density at radius 1 is 0.860 bits per heavy atom. The van der Waals surface area contributed by atoms with E-state index in [1.165, 1.54) is 14.7 Å². The summed E-state index contributed by atoms with van der Waals surface area (Å²) in [6, 6.07) is 21.7. The average Bonchev–Trinajstić information content (AvgIpc) is 3.04. The highest BCUT2D eigenvalue weighted by Crippen LogP contribution is 2.20. The zero-order valence-corrected chi connectivity index (χ0v) is 24.9. The minimum atomic E-state index is -0.962. The quantitative estimate of drug-likeness (QED) is 0.355. The highest BCUT2D eigenvalue weighted by Gasteiger charge is 2.35. The van der Waals surface area contributed by atoms with Gasteiger partial charge in [-0.2, -0.15) is 0 Å². The van der Waals surface area contributed by atoms with E-state index in [4.69, 9.17) is 4.74 Å². The van der Waals surface area contributed by atoms with Crippen LogP contribution in [0, 0.1) is 0 Å². The van der Waals surface area contributed by atoms with Gasteiger partial charge in [-0.3, -0.25) is 14.4 Å². The van der Waals surface area contributed by atoms with Crippen molar-refractivity contribution in [3.63, 3.8) is 0 Å². The zero-order valence-electron chi connectivity index (χ0n) is 24.9. The number of fused-ring (bicyclic) bond motifs is 1. The van der Waals surface area contributed by atoms with Gasteiger partial charge >= 0.3 is 6.09 Å². The summed E-state index contributed by atoms with van der Waals surface area (Å²) < 4.78 is 5.87. The van der Waals surface area contributed by atoms with Crippen molar-refractivity contribution >= 4 is 34.6 Å². The van der Waals surface area contributed by atoms with Crippen LogP contribution in [-0.4, -0.2) is 103 Å². The summed E-state index contributed by atoms with van der Waals surface area (Å²) in [4.78, 5) is 56.0. The molecule has 0 aromatic heterocycles. The first-order valence-electron chi connectivity index (χ1n) is 14.5. The number of likely N-dealkylation sites (tertiary alicyclic amines) is 1. The number of nitrogens with one attached hydrogen (secondary N) is 1. The highest BCUT2D eigenvalue weighted by molar-refractivity contribution is 5.92. The maximum atomic E-state index is 14.2. The number of benzene rings is 3. The molecule has 0 unspecified atom stereocenters. The van der Waals surface area contributed by atoms with E-state index in [2.05, 4.69) is 5.32 Å². The monoisotopic (exact) mass is 588 g/mol. The molecule has 0 radical (unpaired) electrons. The van der Waals surface area contributed by atoms with Crippen LogP contribution in [0.3, 0.4) is 0 Å². The molecule has 2 atom stereocenters. The van der Waals surface area contributed by atoms with Crippen LogP contribution in [0.1, 0.15) is 24.0 Å². The molecule has 1 saturated heterocycles. The number of hydrogen-bond acceptors (Lipinski definition) is 5. The maximum absolute atomic E-state index is 14.2. The van der Waals surface area contributed by atoms with Crippen LogP contribution in [0.4, 0.5) is 4.79 Å². The van der Waals surface area contributed by atoms with Gasteiger partial charge in [0, 0.05) is 47.1 Å². The number of nitrogens with zero attached hydrogens (tertiary/aromatic N) is 3. The van der Waals surface area contributed by atoms with Crippen molar-refractivity contribution in [1.29, 1.82) is 0 Å². The number of hydrogen-bond donors (Lipinski definition) is 2. The van der Waals surface area contributed by atoms with E-state index < -0.39 is 18.2 Å². The molecule has 4 rings (SSSR count). The molecule has 4 amide bonds. The molecule has 0 spiro atoms. The van der Waals surface area contributed by atoms with E-state index in [1.54, 1.807) is 21.1 Å². The van der Waals surface area contributed by atoms with Crippen molar-refractivity contribution in [2.45, 2.75) is 43.9 Å². The lowest BCUT2D eigenvalue weighted by molar-refractivity contribution is -0.150. The van der Waals surface area contributed by atoms with E-state index in [1.807, 2.05) is 72.8 Å². The summed E-state index contributed by atoms with van der Waals surface area (Å²) in [5.41, 5.74) is 1.79. The van der Waals surface area contributed by atoms with Crippen LogP contribution in [0.15, 0.2) is 72.8 Å². The number of likely N-dealkylation sites (N-methyl/N-ethyl adjacent to an activating group) is 3. The van der Waals surface area contributed by atoms with E-state index in [0.29, 0.717) is 32.4 Å². The fraction of sp³-hybridized carbons (Fsp3) is 0.394. The second-order valence-electron chi connectivity index (χ2n) is 11.0. The molecule has 10 nitrogen and oxygen atoms in total. The van der Waals surface area contributed by atoms with Crippen molar-refractivity contribution in [1.82, 2.24) is 20.0 Å². The molecule has 3 aromatic rings. The zero-order chi connectivity index (χ0) is 30.9. The summed E-state index contributed by atoms with van der Waals surface area (Å²) in [5.74, 6) is -1.02. The molecule has 1 aliphatic rings. The predicted octanol–water partition coefficient (Wildman–Crippen LogP) is 3.18. The van der Waals surface area contributed by atoms with E-state index in [0.717, 1.165) is 21.9 Å². The number of carbonyl (C=O) groups is 4. The number of rotatable bonds is 11. The molecule has 3 aromatic carbocycles. The van der Waals surface area contributed by atoms with E-state index >= 15 is 0 Å². The molecule has 1 aliphatic heterocycles. The van der Waals surface area contributed by atoms with Gasteiger partial charge in [-0.05, 0) is 34.7 Å². The third kappa shape index (κ3) is 8.10. The van der Waals surface area contributed by atoms with Gasteiger partial charge in [0.15, 0.2) is 0 Å². The second kappa shape index (κ2) is 14.6. The molecule has 10 heteroatoms. The first kappa shape index (κ1) is 31.5. The smallest absolute Gasteiger partial charge is 0.407 e. The van der Waals surface area contributed by atoms with Gasteiger partial charge in [-0.1, -0.05) is 72.8 Å². The Hall–Kier alpha value is -4.44. The van der Waals surface area contributed by atoms with Crippen LogP contribution in [-0.2, 0) is 32.0 Å². The van der Waals surface area contributed by atoms with Gasteiger partial charge in [-0.15, -0.1) is 0 Å². The molecule has 1 fully saturated rings. The normalized spacial score (nSPS) is 15.0. The van der Waals surface area contributed by atoms with Crippen molar-refractivity contribution in [2.24, 2.45) is 0 Å². The Kier molecular flexibility index (Phi) is 10.7. The van der Waals surface area contributed by atoms with E-state index in [-0.39, 0.29) is 36.9 Å². The molecule has 0 saturated carbocycles. The fourth-order valence-electron chi connectivity index (χ4n) is 5.46. The molecule has 2 N–H and O–H groups in total. The Morgan fingerprint density at radius 3 is 2.14 bits per heavy atom. The van der Waals surface area contributed by atoms with Gasteiger partial charge in [-0.25, -0.2) is 4.79 Å². The molecule has 0 bridgehead atoms. The Bertz CT molecular complexity index is 1420. The number of piperidine rings is 1. The van der Waals surface area contributed by atoms with Crippen molar-refractivity contribution in [2.75, 3.05) is 40.8 Å². The largest absolute Gasteiger partial charge is 0.465 e. The second-order valence-corrected chi connectivity index (χ2v) is 11.0. The van der Waals surface area contributed by atoms with Crippen LogP contribution >= 0.6 is 0 Å².